The molecule has 0 aliphatic heterocycles. The number of hydrazine groups is 1. The van der Waals surface area contributed by atoms with Gasteiger partial charge in [0, 0.05) is 25.9 Å². The second-order valence-electron chi connectivity index (χ2n) is 4.53. The first-order valence-corrected chi connectivity index (χ1v) is 6.61. The molecule has 1 heterocycles. The molecule has 0 spiro atoms. The van der Waals surface area contributed by atoms with Gasteiger partial charge in [-0.2, -0.15) is 0 Å². The molecule has 0 fully saturated rings. The van der Waals surface area contributed by atoms with Crippen LogP contribution in [0.4, 0.5) is 10.1 Å². The lowest BCUT2D eigenvalue weighted by atomic mass is 10.2. The van der Waals surface area contributed by atoms with Crippen molar-refractivity contribution in [2.24, 2.45) is 0 Å². The monoisotopic (exact) mass is 305 g/mol. The maximum Gasteiger partial charge on any atom is 0.271 e. The van der Waals surface area contributed by atoms with E-state index in [2.05, 4.69) is 10.9 Å². The first kappa shape index (κ1) is 15.7. The molecule has 0 atom stereocenters. The van der Waals surface area contributed by atoms with Crippen LogP contribution in [0.3, 0.4) is 0 Å². The van der Waals surface area contributed by atoms with Crippen LogP contribution in [0.15, 0.2) is 47.4 Å². The number of rotatable bonds is 6. The van der Waals surface area contributed by atoms with Crippen LogP contribution < -0.4 is 16.4 Å². The maximum atomic E-state index is 12.8. The van der Waals surface area contributed by atoms with Gasteiger partial charge in [0.25, 0.3) is 11.5 Å². The van der Waals surface area contributed by atoms with Crippen LogP contribution in [0.5, 0.6) is 0 Å². The van der Waals surface area contributed by atoms with Gasteiger partial charge in [-0.15, -0.1) is 0 Å². The molecule has 2 rings (SSSR count). The number of nitrogens with zero attached hydrogens (tertiary/aromatic N) is 1. The molecule has 22 heavy (non-hydrogen) atoms. The Morgan fingerprint density at radius 3 is 2.64 bits per heavy atom. The maximum absolute atomic E-state index is 12.8. The Kier molecular flexibility index (Phi) is 5.26. The summed E-state index contributed by atoms with van der Waals surface area (Å²) in [6.45, 7) is 0.737. The summed E-state index contributed by atoms with van der Waals surface area (Å²) in [4.78, 5) is 23.7. The van der Waals surface area contributed by atoms with E-state index in [-0.39, 0.29) is 11.4 Å². The van der Waals surface area contributed by atoms with Crippen LogP contribution in [-0.4, -0.2) is 24.2 Å². The first-order chi connectivity index (χ1) is 10.6. The largest absolute Gasteiger partial charge is 0.383 e. The van der Waals surface area contributed by atoms with E-state index in [0.717, 1.165) is 0 Å². The third-order valence-electron chi connectivity index (χ3n) is 2.95. The third-order valence-corrected chi connectivity index (χ3v) is 2.95. The Labute approximate surface area is 126 Å². The van der Waals surface area contributed by atoms with Crippen LogP contribution in [0.2, 0.25) is 0 Å². The first-order valence-electron chi connectivity index (χ1n) is 6.61. The van der Waals surface area contributed by atoms with Crippen molar-refractivity contribution >= 4 is 11.6 Å². The minimum absolute atomic E-state index is 0.208. The molecule has 0 unspecified atom stereocenters. The normalized spacial score (nSPS) is 10.3. The summed E-state index contributed by atoms with van der Waals surface area (Å²) < 4.78 is 19.1. The Morgan fingerprint density at radius 1 is 1.23 bits per heavy atom. The van der Waals surface area contributed by atoms with Gasteiger partial charge in [-0.3, -0.25) is 20.4 Å². The number of halogens is 1. The number of aromatic nitrogens is 1. The zero-order valence-electron chi connectivity index (χ0n) is 12.0. The van der Waals surface area contributed by atoms with Gasteiger partial charge in [-0.25, -0.2) is 4.39 Å². The summed E-state index contributed by atoms with van der Waals surface area (Å²) in [6, 6.07) is 8.30. The van der Waals surface area contributed by atoms with Crippen molar-refractivity contribution in [3.8, 4) is 0 Å². The number of benzene rings is 1. The van der Waals surface area contributed by atoms with Crippen LogP contribution in [0, 0.1) is 5.82 Å². The van der Waals surface area contributed by atoms with Crippen molar-refractivity contribution in [1.29, 1.82) is 0 Å². The molecule has 0 bridgehead atoms. The number of carbonyl (C=O) groups excluding carboxylic acids is 1. The van der Waals surface area contributed by atoms with Crippen LogP contribution in [-0.2, 0) is 11.3 Å². The predicted octanol–water partition coefficient (Wildman–Crippen LogP) is 1.39. The number of hydrogen-bond acceptors (Lipinski definition) is 4. The Morgan fingerprint density at radius 2 is 1.95 bits per heavy atom. The molecule has 1 amide bonds. The number of methoxy groups -OCH3 is 1. The zero-order valence-corrected chi connectivity index (χ0v) is 12.0. The van der Waals surface area contributed by atoms with E-state index in [0.29, 0.717) is 24.4 Å². The highest BCUT2D eigenvalue weighted by atomic mass is 19.1. The van der Waals surface area contributed by atoms with Gasteiger partial charge in [0.15, 0.2) is 0 Å². The molecular weight excluding hydrogens is 289 g/mol. The van der Waals surface area contributed by atoms with Gasteiger partial charge in [0.1, 0.15) is 5.82 Å². The Balaban J connectivity index is 2.02. The Hall–Kier alpha value is -2.67. The molecule has 0 aliphatic rings. The lowest BCUT2D eigenvalue weighted by molar-refractivity contribution is 0.0961. The third kappa shape index (κ3) is 4.16. The number of ether oxygens (including phenoxy) is 1. The van der Waals surface area contributed by atoms with E-state index in [4.69, 9.17) is 4.74 Å². The van der Waals surface area contributed by atoms with Crippen LogP contribution in [0.25, 0.3) is 0 Å². The van der Waals surface area contributed by atoms with E-state index in [1.807, 2.05) is 0 Å². The molecule has 0 aliphatic carbocycles. The highest BCUT2D eigenvalue weighted by Crippen LogP contribution is 2.07. The standard InChI is InChI=1S/C15H16FN3O3/c1-22-9-8-19-10-11(2-7-14(19)20)15(21)18-17-13-5-3-12(16)4-6-13/h2-7,10,17H,8-9H2,1H3,(H,18,21). The molecule has 0 saturated heterocycles. The van der Waals surface area contributed by atoms with Gasteiger partial charge in [0.2, 0.25) is 0 Å². The number of carbonyl (C=O) groups is 1. The van der Waals surface area contributed by atoms with Gasteiger partial charge in [-0.1, -0.05) is 0 Å². The summed E-state index contributed by atoms with van der Waals surface area (Å²) >= 11 is 0. The number of anilines is 1. The van der Waals surface area contributed by atoms with Crippen LogP contribution >= 0.6 is 0 Å². The fraction of sp³-hybridized carbons (Fsp3) is 0.200. The average molecular weight is 305 g/mol. The van der Waals surface area contributed by atoms with Crippen molar-refractivity contribution in [2.45, 2.75) is 6.54 Å². The average Bonchev–Trinajstić information content (AvgIpc) is 2.53. The summed E-state index contributed by atoms with van der Waals surface area (Å²) in [5, 5.41) is 0. The SMILES string of the molecule is COCCn1cc(C(=O)NNc2ccc(F)cc2)ccc1=O. The van der Waals surface area contributed by atoms with Gasteiger partial charge >= 0.3 is 0 Å². The number of hydrogen-bond donors (Lipinski definition) is 2. The van der Waals surface area contributed by atoms with Gasteiger partial charge < -0.3 is 9.30 Å². The summed E-state index contributed by atoms with van der Waals surface area (Å²) in [6.07, 6.45) is 1.46. The second kappa shape index (κ2) is 7.37. The lowest BCUT2D eigenvalue weighted by Gasteiger charge is -2.10. The number of pyridine rings is 1. The molecule has 1 aromatic heterocycles. The number of nitrogens with one attached hydrogen (secondary N) is 2. The Bertz CT molecular complexity index is 698. The minimum Gasteiger partial charge on any atom is -0.383 e. The molecular formula is C15H16FN3O3. The fourth-order valence-corrected chi connectivity index (χ4v) is 1.76. The van der Waals surface area contributed by atoms with Crippen molar-refractivity contribution in [3.05, 3.63) is 64.3 Å². The molecule has 116 valence electrons. The molecule has 0 radical (unpaired) electrons. The fourth-order valence-electron chi connectivity index (χ4n) is 1.76. The molecule has 7 heteroatoms. The summed E-state index contributed by atoms with van der Waals surface area (Å²) in [5.41, 5.74) is 5.81. The molecule has 0 saturated carbocycles. The number of amides is 1. The predicted molar refractivity (Wildman–Crippen MR) is 80.1 cm³/mol. The smallest absolute Gasteiger partial charge is 0.271 e. The minimum atomic E-state index is -0.407. The highest BCUT2D eigenvalue weighted by molar-refractivity contribution is 5.94. The second-order valence-corrected chi connectivity index (χ2v) is 4.53. The topological polar surface area (TPSA) is 72.4 Å². The lowest BCUT2D eigenvalue weighted by Crippen LogP contribution is -2.31. The van der Waals surface area contributed by atoms with Crippen molar-refractivity contribution in [2.75, 3.05) is 19.1 Å². The van der Waals surface area contributed by atoms with Crippen molar-refractivity contribution in [1.82, 2.24) is 9.99 Å². The molecule has 2 aromatic rings. The van der Waals surface area contributed by atoms with Crippen molar-refractivity contribution < 1.29 is 13.9 Å². The van der Waals surface area contributed by atoms with E-state index in [1.54, 1.807) is 0 Å². The summed E-state index contributed by atoms with van der Waals surface area (Å²) in [5.74, 6) is -0.766. The van der Waals surface area contributed by atoms with E-state index in [9.17, 15) is 14.0 Å². The quantitative estimate of drug-likeness (QED) is 0.791. The zero-order chi connectivity index (χ0) is 15.9. The van der Waals surface area contributed by atoms with Crippen LogP contribution in [0.1, 0.15) is 10.4 Å². The molecule has 1 aromatic carbocycles. The van der Waals surface area contributed by atoms with Gasteiger partial charge in [-0.05, 0) is 30.3 Å². The van der Waals surface area contributed by atoms with Gasteiger partial charge in [0.05, 0.1) is 17.9 Å². The molecule has 6 nitrogen and oxygen atoms in total. The highest BCUT2D eigenvalue weighted by Gasteiger charge is 2.07. The van der Waals surface area contributed by atoms with E-state index >= 15 is 0 Å². The summed E-state index contributed by atoms with van der Waals surface area (Å²) in [7, 11) is 1.54. The van der Waals surface area contributed by atoms with E-state index < -0.39 is 5.91 Å². The molecule has 2 N–H and O–H groups in total. The van der Waals surface area contributed by atoms with Crippen molar-refractivity contribution in [3.63, 3.8) is 0 Å². The van der Waals surface area contributed by atoms with E-state index in [1.165, 1.54) is 54.3 Å².